The number of benzene rings is 2. The number of halogens is 3. The molecular formula is C17H12ClF2N. The van der Waals surface area contributed by atoms with Gasteiger partial charge in [-0.15, -0.1) is 0 Å². The molecule has 0 atom stereocenters. The molecule has 0 saturated heterocycles. The van der Waals surface area contributed by atoms with Crippen molar-refractivity contribution in [1.29, 1.82) is 0 Å². The van der Waals surface area contributed by atoms with Crippen LogP contribution in [0.1, 0.15) is 11.1 Å². The summed E-state index contributed by atoms with van der Waals surface area (Å²) in [6, 6.07) is 9.03. The van der Waals surface area contributed by atoms with Crippen molar-refractivity contribution >= 4 is 22.5 Å². The van der Waals surface area contributed by atoms with Crippen molar-refractivity contribution in [2.75, 3.05) is 0 Å². The van der Waals surface area contributed by atoms with Crippen molar-refractivity contribution in [3.05, 3.63) is 64.2 Å². The van der Waals surface area contributed by atoms with Gasteiger partial charge in [0, 0.05) is 17.0 Å². The summed E-state index contributed by atoms with van der Waals surface area (Å²) in [6.45, 7) is 3.66. The summed E-state index contributed by atoms with van der Waals surface area (Å²) in [5, 5.41) is 1.13. The first-order chi connectivity index (χ1) is 9.97. The molecule has 1 heterocycles. The minimum Gasteiger partial charge on any atom is -0.247 e. The van der Waals surface area contributed by atoms with Crippen LogP contribution in [0.5, 0.6) is 0 Å². The standard InChI is InChI=1S/C17H12ClF2N/c1-9-3-6-14(20)13(7-9)17-10(2)16(18)12-5-4-11(19)8-15(12)21-17/h3-8H,1-2H3. The van der Waals surface area contributed by atoms with Crippen LogP contribution < -0.4 is 0 Å². The molecule has 3 rings (SSSR count). The lowest BCUT2D eigenvalue weighted by Gasteiger charge is -2.12. The molecule has 21 heavy (non-hydrogen) atoms. The summed E-state index contributed by atoms with van der Waals surface area (Å²) in [5.41, 5.74) is 2.84. The van der Waals surface area contributed by atoms with Crippen molar-refractivity contribution < 1.29 is 8.78 Å². The van der Waals surface area contributed by atoms with E-state index in [1.165, 1.54) is 18.2 Å². The zero-order chi connectivity index (χ0) is 15.1. The number of fused-ring (bicyclic) bond motifs is 1. The predicted octanol–water partition coefficient (Wildman–Crippen LogP) is 5.45. The van der Waals surface area contributed by atoms with Gasteiger partial charge in [0.1, 0.15) is 11.6 Å². The zero-order valence-electron chi connectivity index (χ0n) is 11.5. The first-order valence-electron chi connectivity index (χ1n) is 6.49. The van der Waals surface area contributed by atoms with E-state index in [9.17, 15) is 8.78 Å². The molecule has 2 aromatic carbocycles. The molecular weight excluding hydrogens is 292 g/mol. The molecule has 1 aromatic heterocycles. The van der Waals surface area contributed by atoms with Gasteiger partial charge < -0.3 is 0 Å². The summed E-state index contributed by atoms with van der Waals surface area (Å²) < 4.78 is 27.5. The molecule has 0 amide bonds. The molecule has 0 aliphatic heterocycles. The van der Waals surface area contributed by atoms with E-state index in [-0.39, 0.29) is 5.82 Å². The van der Waals surface area contributed by atoms with Crippen LogP contribution >= 0.6 is 11.6 Å². The monoisotopic (exact) mass is 303 g/mol. The van der Waals surface area contributed by atoms with E-state index in [2.05, 4.69) is 4.98 Å². The number of nitrogens with zero attached hydrogens (tertiary/aromatic N) is 1. The first-order valence-corrected chi connectivity index (χ1v) is 6.87. The van der Waals surface area contributed by atoms with Gasteiger partial charge in [-0.25, -0.2) is 13.8 Å². The van der Waals surface area contributed by atoms with E-state index in [0.29, 0.717) is 32.7 Å². The fourth-order valence-corrected chi connectivity index (χ4v) is 2.63. The van der Waals surface area contributed by atoms with Crippen LogP contribution in [0.3, 0.4) is 0 Å². The average molecular weight is 304 g/mol. The summed E-state index contributed by atoms with van der Waals surface area (Å²) in [7, 11) is 0. The molecule has 4 heteroatoms. The quantitative estimate of drug-likeness (QED) is 0.582. The Morgan fingerprint density at radius 1 is 1.00 bits per heavy atom. The van der Waals surface area contributed by atoms with Crippen molar-refractivity contribution in [3.63, 3.8) is 0 Å². The highest BCUT2D eigenvalue weighted by molar-refractivity contribution is 6.36. The van der Waals surface area contributed by atoms with Gasteiger partial charge in [0.05, 0.1) is 16.2 Å². The van der Waals surface area contributed by atoms with E-state index < -0.39 is 5.82 Å². The van der Waals surface area contributed by atoms with Crippen molar-refractivity contribution in [1.82, 2.24) is 4.98 Å². The Balaban J connectivity index is 2.37. The molecule has 0 N–H and O–H groups in total. The van der Waals surface area contributed by atoms with Gasteiger partial charge in [-0.2, -0.15) is 0 Å². The van der Waals surface area contributed by atoms with Crippen LogP contribution in [-0.4, -0.2) is 4.98 Å². The van der Waals surface area contributed by atoms with Crippen molar-refractivity contribution in [2.24, 2.45) is 0 Å². The smallest absolute Gasteiger partial charge is 0.132 e. The van der Waals surface area contributed by atoms with Gasteiger partial charge in [-0.05, 0) is 43.7 Å². The molecule has 0 bridgehead atoms. The number of rotatable bonds is 1. The third-order valence-corrected chi connectivity index (χ3v) is 3.98. The molecule has 0 radical (unpaired) electrons. The Bertz CT molecular complexity index is 859. The molecule has 0 aliphatic carbocycles. The van der Waals surface area contributed by atoms with Crippen molar-refractivity contribution in [2.45, 2.75) is 13.8 Å². The summed E-state index contributed by atoms with van der Waals surface area (Å²) >= 11 is 6.34. The highest BCUT2D eigenvalue weighted by Crippen LogP contribution is 2.34. The van der Waals surface area contributed by atoms with E-state index >= 15 is 0 Å². The van der Waals surface area contributed by atoms with Gasteiger partial charge in [-0.3, -0.25) is 0 Å². The second-order valence-electron chi connectivity index (χ2n) is 5.04. The number of hydrogen-bond acceptors (Lipinski definition) is 1. The molecule has 0 aliphatic rings. The maximum atomic E-state index is 14.1. The van der Waals surface area contributed by atoms with Gasteiger partial charge >= 0.3 is 0 Å². The van der Waals surface area contributed by atoms with Gasteiger partial charge in [0.15, 0.2) is 0 Å². The first kappa shape index (κ1) is 14.0. The Morgan fingerprint density at radius 2 is 1.76 bits per heavy atom. The minimum atomic E-state index is -0.398. The molecule has 0 spiro atoms. The van der Waals surface area contributed by atoms with Crippen LogP contribution in [0, 0.1) is 25.5 Å². The van der Waals surface area contributed by atoms with E-state index in [1.54, 1.807) is 25.1 Å². The van der Waals surface area contributed by atoms with Gasteiger partial charge in [0.25, 0.3) is 0 Å². The maximum absolute atomic E-state index is 14.1. The van der Waals surface area contributed by atoms with E-state index in [1.807, 2.05) is 6.92 Å². The number of hydrogen-bond donors (Lipinski definition) is 0. The second kappa shape index (κ2) is 5.08. The predicted molar refractivity (Wildman–Crippen MR) is 81.6 cm³/mol. The fourth-order valence-electron chi connectivity index (χ4n) is 2.38. The Kier molecular flexibility index (Phi) is 3.38. The third-order valence-electron chi connectivity index (χ3n) is 3.49. The maximum Gasteiger partial charge on any atom is 0.132 e. The molecule has 1 nitrogen and oxygen atoms in total. The largest absolute Gasteiger partial charge is 0.247 e. The third kappa shape index (κ3) is 2.38. The normalized spacial score (nSPS) is 11.1. The summed E-state index contributed by atoms with van der Waals surface area (Å²) in [4.78, 5) is 4.40. The molecule has 0 fully saturated rings. The summed E-state index contributed by atoms with van der Waals surface area (Å²) in [5.74, 6) is -0.770. The summed E-state index contributed by atoms with van der Waals surface area (Å²) in [6.07, 6.45) is 0. The van der Waals surface area contributed by atoms with Crippen LogP contribution in [0.25, 0.3) is 22.2 Å². The lowest BCUT2D eigenvalue weighted by molar-refractivity contribution is 0.629. The van der Waals surface area contributed by atoms with E-state index in [0.717, 1.165) is 5.56 Å². The minimum absolute atomic E-state index is 0.372. The Morgan fingerprint density at radius 3 is 2.52 bits per heavy atom. The SMILES string of the molecule is Cc1ccc(F)c(-c2nc3cc(F)ccc3c(Cl)c2C)c1. The van der Waals surface area contributed by atoms with Gasteiger partial charge in [0.2, 0.25) is 0 Å². The van der Waals surface area contributed by atoms with Crippen LogP contribution in [0.2, 0.25) is 5.02 Å². The number of aryl methyl sites for hydroxylation is 1. The second-order valence-corrected chi connectivity index (χ2v) is 5.42. The highest BCUT2D eigenvalue weighted by atomic mass is 35.5. The molecule has 0 saturated carbocycles. The van der Waals surface area contributed by atoms with Crippen LogP contribution in [0.15, 0.2) is 36.4 Å². The molecule has 106 valence electrons. The topological polar surface area (TPSA) is 12.9 Å². The molecule has 3 aromatic rings. The Labute approximate surface area is 126 Å². The van der Waals surface area contributed by atoms with E-state index in [4.69, 9.17) is 11.6 Å². The number of pyridine rings is 1. The average Bonchev–Trinajstić information content (AvgIpc) is 2.45. The van der Waals surface area contributed by atoms with Crippen LogP contribution in [0.4, 0.5) is 8.78 Å². The number of aromatic nitrogens is 1. The van der Waals surface area contributed by atoms with Crippen molar-refractivity contribution in [3.8, 4) is 11.3 Å². The van der Waals surface area contributed by atoms with Gasteiger partial charge in [-0.1, -0.05) is 23.2 Å². The zero-order valence-corrected chi connectivity index (χ0v) is 12.3. The Hall–Kier alpha value is -2.00. The fraction of sp³-hybridized carbons (Fsp3) is 0.118. The lowest BCUT2D eigenvalue weighted by Crippen LogP contribution is -1.95. The lowest BCUT2D eigenvalue weighted by atomic mass is 10.0. The van der Waals surface area contributed by atoms with Crippen LogP contribution in [-0.2, 0) is 0 Å². The molecule has 0 unspecified atom stereocenters. The highest BCUT2D eigenvalue weighted by Gasteiger charge is 2.15.